The minimum atomic E-state index is 0.390. The molecule has 1 aliphatic carbocycles. The van der Waals surface area contributed by atoms with Crippen LogP contribution >= 0.6 is 11.3 Å². The van der Waals surface area contributed by atoms with E-state index < -0.39 is 0 Å². The highest BCUT2D eigenvalue weighted by atomic mass is 32.1. The van der Waals surface area contributed by atoms with Crippen molar-refractivity contribution >= 4 is 51.4 Å². The van der Waals surface area contributed by atoms with Crippen molar-refractivity contribution in [3.8, 4) is 5.75 Å². The molecule has 0 saturated carbocycles. The van der Waals surface area contributed by atoms with E-state index in [9.17, 15) is 4.79 Å². The number of hydrogen-bond acceptors (Lipinski definition) is 9. The van der Waals surface area contributed by atoms with E-state index >= 15 is 0 Å². The molecule has 0 radical (unpaired) electrons. The summed E-state index contributed by atoms with van der Waals surface area (Å²) in [6.07, 6.45) is 8.38. The van der Waals surface area contributed by atoms with Gasteiger partial charge < -0.3 is 30.8 Å². The number of carbonyl (C=O) groups is 1. The Kier molecular flexibility index (Phi) is 6.09. The zero-order valence-electron chi connectivity index (χ0n) is 19.1. The lowest BCUT2D eigenvalue weighted by atomic mass is 9.78. The van der Waals surface area contributed by atoms with Crippen LogP contribution in [0.1, 0.15) is 28.8 Å². The molecule has 0 bridgehead atoms. The number of aromatic nitrogens is 2. The molecule has 6 rings (SSSR count). The zero-order valence-corrected chi connectivity index (χ0v) is 19.9. The van der Waals surface area contributed by atoms with Gasteiger partial charge >= 0.3 is 0 Å². The zero-order chi connectivity index (χ0) is 23.7. The Morgan fingerprint density at radius 1 is 1.26 bits per heavy atom. The van der Waals surface area contributed by atoms with Crippen LogP contribution < -0.4 is 15.8 Å². The quantitative estimate of drug-likeness (QED) is 0.290. The molecule has 1 amide bonds. The smallest absolute Gasteiger partial charge is 0.209 e. The van der Waals surface area contributed by atoms with Gasteiger partial charge in [0.1, 0.15) is 22.7 Å². The number of benzene rings is 1. The van der Waals surface area contributed by atoms with Crippen LogP contribution in [0.3, 0.4) is 0 Å². The number of nitrogen functional groups attached to an aromatic ring is 1. The van der Waals surface area contributed by atoms with E-state index in [1.165, 1.54) is 29.5 Å². The van der Waals surface area contributed by atoms with E-state index in [1.54, 1.807) is 35.7 Å². The van der Waals surface area contributed by atoms with Crippen molar-refractivity contribution in [3.05, 3.63) is 34.5 Å². The highest BCUT2D eigenvalue weighted by molar-refractivity contribution is 7.19. The first-order valence-electron chi connectivity index (χ1n) is 11.3. The molecule has 2 aliphatic heterocycles. The second-order valence-electron chi connectivity index (χ2n) is 9.07. The van der Waals surface area contributed by atoms with Crippen molar-refractivity contribution in [2.45, 2.75) is 25.7 Å². The van der Waals surface area contributed by atoms with Crippen LogP contribution in [0.2, 0.25) is 0 Å². The number of hydrogen-bond donors (Lipinski definition) is 3. The number of thiophene rings is 1. The first kappa shape index (κ1) is 22.5. The van der Waals surface area contributed by atoms with Crippen LogP contribution in [0, 0.1) is 10.8 Å². The lowest BCUT2D eigenvalue weighted by Crippen LogP contribution is -2.65. The molecule has 0 atom stereocenters. The number of methoxy groups -OCH3 is 1. The number of rotatable bonds is 5. The first-order valence-corrected chi connectivity index (χ1v) is 12.1. The normalized spacial score (nSPS) is 17.6. The van der Waals surface area contributed by atoms with Gasteiger partial charge in [0.15, 0.2) is 0 Å². The summed E-state index contributed by atoms with van der Waals surface area (Å²) in [6, 6.07) is 3.54. The monoisotopic (exact) mass is 480 g/mol. The molecule has 178 valence electrons. The Morgan fingerprint density at radius 2 is 2.06 bits per heavy atom. The number of likely N-dealkylation sites (tertiary alicyclic amines) is 1. The molecule has 3 aromatic rings. The molecule has 2 fully saturated rings. The molecule has 0 unspecified atom stereocenters. The fourth-order valence-electron chi connectivity index (χ4n) is 4.78. The molecule has 9 nitrogen and oxygen atoms in total. The average Bonchev–Trinajstić information content (AvgIpc) is 3.18. The third-order valence-corrected chi connectivity index (χ3v) is 7.81. The molecule has 1 spiro atoms. The maximum atomic E-state index is 10.1. The van der Waals surface area contributed by atoms with Crippen LogP contribution in [0.5, 0.6) is 5.75 Å². The van der Waals surface area contributed by atoms with E-state index in [0.717, 1.165) is 67.3 Å². The van der Waals surface area contributed by atoms with Gasteiger partial charge in [0, 0.05) is 41.5 Å². The summed E-state index contributed by atoms with van der Waals surface area (Å²) < 4.78 is 10.5. The van der Waals surface area contributed by atoms with Crippen molar-refractivity contribution in [3.63, 3.8) is 0 Å². The summed E-state index contributed by atoms with van der Waals surface area (Å²) >= 11 is 1.77. The minimum absolute atomic E-state index is 0.390. The summed E-state index contributed by atoms with van der Waals surface area (Å²) in [5.74, 6) is 1.40. The van der Waals surface area contributed by atoms with Gasteiger partial charge in [-0.1, -0.05) is 0 Å². The molecule has 2 aromatic heterocycles. The summed E-state index contributed by atoms with van der Waals surface area (Å²) in [4.78, 5) is 23.3. The Morgan fingerprint density at radius 3 is 2.74 bits per heavy atom. The van der Waals surface area contributed by atoms with Gasteiger partial charge in [-0.3, -0.25) is 4.79 Å². The van der Waals surface area contributed by atoms with Gasteiger partial charge in [-0.05, 0) is 37.3 Å². The van der Waals surface area contributed by atoms with Gasteiger partial charge in [-0.15, -0.1) is 11.3 Å². The van der Waals surface area contributed by atoms with Crippen LogP contribution in [-0.2, 0) is 22.4 Å². The molecule has 3 aliphatic rings. The van der Waals surface area contributed by atoms with E-state index in [4.69, 9.17) is 20.6 Å². The Hall–Kier alpha value is -3.24. The summed E-state index contributed by atoms with van der Waals surface area (Å²) in [5, 5.41) is 12.0. The van der Waals surface area contributed by atoms with E-state index in [2.05, 4.69) is 15.3 Å². The maximum absolute atomic E-state index is 10.1. The fraction of sp³-hybridized carbons (Fsp3) is 0.417. The van der Waals surface area contributed by atoms with E-state index in [1.807, 2.05) is 6.07 Å². The molecule has 34 heavy (non-hydrogen) atoms. The second kappa shape index (κ2) is 9.19. The third-order valence-electron chi connectivity index (χ3n) is 6.61. The minimum Gasteiger partial charge on any atom is -0.494 e. The number of aryl methyl sites for hydroxylation is 2. The third kappa shape index (κ3) is 4.07. The van der Waals surface area contributed by atoms with Crippen molar-refractivity contribution in [2.24, 2.45) is 5.41 Å². The number of carbonyl (C=O) groups excluding carboxylic acids is 1. The number of nitrogens with zero attached hydrogens (tertiary/aromatic N) is 3. The van der Waals surface area contributed by atoms with Crippen LogP contribution in [0.4, 0.5) is 17.2 Å². The number of nitrogens with one attached hydrogen (secondary N) is 2. The summed E-state index contributed by atoms with van der Waals surface area (Å²) in [5.41, 5.74) is 9.61. The van der Waals surface area contributed by atoms with Gasteiger partial charge in [-0.25, -0.2) is 9.97 Å². The van der Waals surface area contributed by atoms with Gasteiger partial charge in [0.05, 0.1) is 36.8 Å². The second-order valence-corrected chi connectivity index (χ2v) is 10.2. The Labute approximate surface area is 201 Å². The van der Waals surface area contributed by atoms with Crippen LogP contribution in [-0.4, -0.2) is 60.9 Å². The highest BCUT2D eigenvalue weighted by Crippen LogP contribution is 2.40. The topological polar surface area (TPSA) is 126 Å². The molecule has 2 saturated heterocycles. The largest absolute Gasteiger partial charge is 0.494 e. The summed E-state index contributed by atoms with van der Waals surface area (Å²) in [6.45, 7) is 3.54. The maximum Gasteiger partial charge on any atom is 0.209 e. The van der Waals surface area contributed by atoms with Crippen molar-refractivity contribution < 1.29 is 14.3 Å². The standard InChI is InChI=1S/C18H19N5OS.C6H9NO2/c1-24-14-7-12(20)10(8-19)6-13(14)23-17-16-11-4-2-3-5-15(11)25-18(16)22-9-21-17;8-5-7-1-6(2-7)3-9-4-6/h6-9,19H,2-5,20H2,1H3,(H,21,22,23);5H,1-4H2. The molecule has 4 N–H and O–H groups in total. The first-order chi connectivity index (χ1) is 16.6. The average molecular weight is 481 g/mol. The molecule has 4 heterocycles. The number of fused-ring (bicyclic) bond motifs is 3. The number of amides is 1. The Balaban J connectivity index is 0.000000222. The number of nitrogens with two attached hydrogens (primary N) is 1. The molecular formula is C24H28N6O3S. The van der Waals surface area contributed by atoms with Gasteiger partial charge in [-0.2, -0.15) is 0 Å². The Bertz CT molecular complexity index is 1230. The van der Waals surface area contributed by atoms with Crippen molar-refractivity contribution in [1.82, 2.24) is 14.9 Å². The van der Waals surface area contributed by atoms with Gasteiger partial charge in [0.25, 0.3) is 0 Å². The van der Waals surface area contributed by atoms with E-state index in [-0.39, 0.29) is 0 Å². The molecule has 1 aromatic carbocycles. The van der Waals surface area contributed by atoms with Crippen molar-refractivity contribution in [2.75, 3.05) is 44.5 Å². The van der Waals surface area contributed by atoms with Crippen LogP contribution in [0.15, 0.2) is 18.5 Å². The fourth-order valence-corrected chi connectivity index (χ4v) is 6.01. The highest BCUT2D eigenvalue weighted by Gasteiger charge is 2.48. The number of anilines is 3. The number of ether oxygens (including phenoxy) is 2. The lowest BCUT2D eigenvalue weighted by Gasteiger charge is -2.53. The SMILES string of the molecule is COc1cc(N)c(C=N)cc1Nc1ncnc2sc3c(c12)CCCC3.O=CN1CC2(COC2)C1. The van der Waals surface area contributed by atoms with E-state index in [0.29, 0.717) is 22.4 Å². The molecular weight excluding hydrogens is 452 g/mol. The van der Waals surface area contributed by atoms with Gasteiger partial charge in [0.2, 0.25) is 6.41 Å². The predicted molar refractivity (Wildman–Crippen MR) is 134 cm³/mol. The lowest BCUT2D eigenvalue weighted by molar-refractivity contribution is -0.188. The van der Waals surface area contributed by atoms with Crippen molar-refractivity contribution in [1.29, 1.82) is 5.41 Å². The predicted octanol–water partition coefficient (Wildman–Crippen LogP) is 3.38. The molecule has 10 heteroatoms. The van der Waals surface area contributed by atoms with Crippen LogP contribution in [0.25, 0.3) is 10.2 Å². The summed E-state index contributed by atoms with van der Waals surface area (Å²) in [7, 11) is 1.60.